The van der Waals surface area contributed by atoms with Gasteiger partial charge in [-0.05, 0) is 97.6 Å². The molecule has 0 aliphatic heterocycles. The van der Waals surface area contributed by atoms with Crippen LogP contribution in [0.15, 0.2) is 11.6 Å². The lowest BCUT2D eigenvalue weighted by molar-refractivity contribution is -0.112. The first-order valence-corrected chi connectivity index (χ1v) is 14.7. The Labute approximate surface area is 218 Å². The van der Waals surface area contributed by atoms with Gasteiger partial charge in [0, 0.05) is 5.92 Å². The number of carbonyl (C=O) groups excluding carboxylic acids is 1. The van der Waals surface area contributed by atoms with E-state index in [1.165, 1.54) is 37.7 Å². The maximum absolute atomic E-state index is 11.3. The van der Waals surface area contributed by atoms with Crippen LogP contribution >= 0.6 is 22.6 Å². The summed E-state index contributed by atoms with van der Waals surface area (Å²) in [5.74, 6) is 3.05. The average molecular weight is 577 g/mol. The zero-order valence-electron chi connectivity index (χ0n) is 22.6. The van der Waals surface area contributed by atoms with Gasteiger partial charge in [-0.25, -0.2) is 0 Å². The molecule has 0 saturated heterocycles. The smallest absolute Gasteiger partial charge is 0.195 e. The van der Waals surface area contributed by atoms with E-state index in [9.17, 15) is 15.0 Å². The normalized spacial score (nSPS) is 28.0. The molecule has 194 valence electrons. The van der Waals surface area contributed by atoms with E-state index in [0.29, 0.717) is 23.7 Å². The van der Waals surface area contributed by atoms with Gasteiger partial charge in [-0.1, -0.05) is 85.3 Å². The van der Waals surface area contributed by atoms with Crippen LogP contribution in [0.3, 0.4) is 0 Å². The lowest BCUT2D eigenvalue weighted by Crippen LogP contribution is -2.32. The second-order valence-corrected chi connectivity index (χ2v) is 13.0. The van der Waals surface area contributed by atoms with Crippen molar-refractivity contribution in [2.45, 2.75) is 131 Å². The SMILES string of the molecule is CC(CCCC(C)CCC1=CC(O)C(C)C(C)C1C)CCCC(C)(O)CCCC(C)C(=O)I. The molecule has 1 rings (SSSR count). The molecule has 0 saturated carbocycles. The molecule has 0 spiro atoms. The van der Waals surface area contributed by atoms with Crippen LogP contribution in [0.25, 0.3) is 0 Å². The highest BCUT2D eigenvalue weighted by Gasteiger charge is 2.31. The number of hydrogen-bond donors (Lipinski definition) is 2. The highest BCUT2D eigenvalue weighted by molar-refractivity contribution is 14.1. The number of aliphatic hydroxyl groups is 2. The molecule has 4 heteroatoms. The molecule has 0 fully saturated rings. The van der Waals surface area contributed by atoms with Crippen LogP contribution in [0.4, 0.5) is 0 Å². The minimum Gasteiger partial charge on any atom is -0.390 e. The number of carbonyl (C=O) groups is 1. The summed E-state index contributed by atoms with van der Waals surface area (Å²) in [6, 6.07) is 0. The summed E-state index contributed by atoms with van der Waals surface area (Å²) >= 11 is 1.88. The summed E-state index contributed by atoms with van der Waals surface area (Å²) in [4.78, 5) is 11.3. The Morgan fingerprint density at radius 1 is 0.939 bits per heavy atom. The van der Waals surface area contributed by atoms with Gasteiger partial charge in [-0.3, -0.25) is 4.79 Å². The van der Waals surface area contributed by atoms with Gasteiger partial charge >= 0.3 is 0 Å². The number of rotatable bonds is 16. The van der Waals surface area contributed by atoms with Gasteiger partial charge in [0.1, 0.15) is 0 Å². The molecule has 0 heterocycles. The van der Waals surface area contributed by atoms with E-state index in [0.717, 1.165) is 44.4 Å². The highest BCUT2D eigenvalue weighted by Crippen LogP contribution is 2.37. The number of aliphatic hydroxyl groups excluding tert-OH is 1. The summed E-state index contributed by atoms with van der Waals surface area (Å²) < 4.78 is 0.221. The maximum atomic E-state index is 11.3. The van der Waals surface area contributed by atoms with E-state index in [1.54, 1.807) is 0 Å². The van der Waals surface area contributed by atoms with E-state index in [-0.39, 0.29) is 15.8 Å². The summed E-state index contributed by atoms with van der Waals surface area (Å²) in [6.07, 6.45) is 13.8. The Morgan fingerprint density at radius 3 is 2.03 bits per heavy atom. The molecule has 0 bridgehead atoms. The van der Waals surface area contributed by atoms with Crippen LogP contribution in [0.1, 0.15) is 119 Å². The van der Waals surface area contributed by atoms with Crippen molar-refractivity contribution in [2.24, 2.45) is 35.5 Å². The molecule has 3 nitrogen and oxygen atoms in total. The van der Waals surface area contributed by atoms with Crippen molar-refractivity contribution in [3.05, 3.63) is 11.6 Å². The fourth-order valence-corrected chi connectivity index (χ4v) is 5.62. The van der Waals surface area contributed by atoms with Crippen LogP contribution in [0.2, 0.25) is 0 Å². The molecule has 1 aliphatic carbocycles. The van der Waals surface area contributed by atoms with E-state index in [1.807, 2.05) is 36.4 Å². The van der Waals surface area contributed by atoms with Gasteiger partial charge in [0.2, 0.25) is 0 Å². The molecular weight excluding hydrogens is 523 g/mol. The summed E-state index contributed by atoms with van der Waals surface area (Å²) in [6.45, 7) is 15.4. The van der Waals surface area contributed by atoms with E-state index in [4.69, 9.17) is 0 Å². The Morgan fingerprint density at radius 2 is 1.45 bits per heavy atom. The van der Waals surface area contributed by atoms with Gasteiger partial charge in [-0.2, -0.15) is 0 Å². The van der Waals surface area contributed by atoms with Crippen molar-refractivity contribution in [1.29, 1.82) is 0 Å². The standard InChI is InChI=1S/C29H53IO3/c1-20(13-9-17-29(7,33)18-10-14-22(3)28(30)32)11-8-12-21(2)15-16-26-19-27(31)25(6)23(4)24(26)5/h19-25,27,31,33H,8-18H2,1-7H3. The molecule has 33 heavy (non-hydrogen) atoms. The van der Waals surface area contributed by atoms with Crippen LogP contribution < -0.4 is 0 Å². The minimum atomic E-state index is -0.601. The molecule has 0 amide bonds. The van der Waals surface area contributed by atoms with Gasteiger partial charge < -0.3 is 10.2 Å². The van der Waals surface area contributed by atoms with Gasteiger partial charge in [-0.15, -0.1) is 0 Å². The van der Waals surface area contributed by atoms with E-state index >= 15 is 0 Å². The monoisotopic (exact) mass is 576 g/mol. The molecule has 8 unspecified atom stereocenters. The van der Waals surface area contributed by atoms with Crippen molar-refractivity contribution in [3.63, 3.8) is 0 Å². The third kappa shape index (κ3) is 12.0. The number of allylic oxidation sites excluding steroid dienone is 1. The average Bonchev–Trinajstić information content (AvgIpc) is 2.73. The molecule has 0 radical (unpaired) electrons. The summed E-state index contributed by atoms with van der Waals surface area (Å²) in [7, 11) is 0. The first kappa shape index (κ1) is 31.1. The zero-order valence-corrected chi connectivity index (χ0v) is 24.7. The molecule has 8 atom stereocenters. The van der Waals surface area contributed by atoms with Crippen LogP contribution in [-0.2, 0) is 4.79 Å². The van der Waals surface area contributed by atoms with Crippen molar-refractivity contribution in [2.75, 3.05) is 0 Å². The van der Waals surface area contributed by atoms with E-state index < -0.39 is 5.60 Å². The molecule has 1 aliphatic rings. The quantitative estimate of drug-likeness (QED) is 0.111. The number of hydrogen-bond acceptors (Lipinski definition) is 3. The van der Waals surface area contributed by atoms with Crippen molar-refractivity contribution < 1.29 is 15.0 Å². The molecular formula is C29H53IO3. The first-order chi connectivity index (χ1) is 15.3. The largest absolute Gasteiger partial charge is 0.390 e. The minimum absolute atomic E-state index is 0.102. The van der Waals surface area contributed by atoms with Crippen molar-refractivity contribution in [1.82, 2.24) is 0 Å². The molecule has 2 N–H and O–H groups in total. The van der Waals surface area contributed by atoms with Gasteiger partial charge in [0.15, 0.2) is 3.79 Å². The van der Waals surface area contributed by atoms with Gasteiger partial charge in [0.05, 0.1) is 11.7 Å². The second-order valence-electron chi connectivity index (χ2n) is 11.9. The number of halogens is 1. The van der Waals surface area contributed by atoms with Crippen molar-refractivity contribution >= 4 is 26.4 Å². The maximum Gasteiger partial charge on any atom is 0.195 e. The molecule has 0 aromatic carbocycles. The Bertz CT molecular complexity index is 600. The summed E-state index contributed by atoms with van der Waals surface area (Å²) in [5.41, 5.74) is 0.867. The first-order valence-electron chi connectivity index (χ1n) is 13.6. The fourth-order valence-electron chi connectivity index (χ4n) is 5.31. The molecule has 0 aromatic heterocycles. The third-order valence-corrected chi connectivity index (χ3v) is 9.66. The predicted octanol–water partition coefficient (Wildman–Crippen LogP) is 8.11. The predicted molar refractivity (Wildman–Crippen MR) is 150 cm³/mol. The van der Waals surface area contributed by atoms with Crippen LogP contribution in [-0.4, -0.2) is 25.7 Å². The van der Waals surface area contributed by atoms with E-state index in [2.05, 4.69) is 40.7 Å². The lowest BCUT2D eigenvalue weighted by atomic mass is 9.71. The Kier molecular flexibility index (Phi) is 14.4. The fraction of sp³-hybridized carbons (Fsp3) is 0.897. The van der Waals surface area contributed by atoms with Crippen LogP contribution in [0, 0.1) is 35.5 Å². The van der Waals surface area contributed by atoms with Crippen LogP contribution in [0.5, 0.6) is 0 Å². The highest BCUT2D eigenvalue weighted by atomic mass is 127. The third-order valence-electron chi connectivity index (χ3n) is 8.60. The zero-order chi connectivity index (χ0) is 25.2. The van der Waals surface area contributed by atoms with Crippen molar-refractivity contribution in [3.8, 4) is 0 Å². The second kappa shape index (κ2) is 15.2. The summed E-state index contributed by atoms with van der Waals surface area (Å²) in [5, 5.41) is 21.0. The topological polar surface area (TPSA) is 57.5 Å². The lowest BCUT2D eigenvalue weighted by Gasteiger charge is -2.36. The Hall–Kier alpha value is 0.0600. The van der Waals surface area contributed by atoms with Gasteiger partial charge in [0.25, 0.3) is 0 Å². The molecule has 0 aromatic rings. The Balaban J connectivity index is 2.19.